The number of fused-ring (bicyclic) bond motifs is 1. The Hall–Kier alpha value is -2.92. The molecule has 1 aliphatic carbocycles. The lowest BCUT2D eigenvalue weighted by Crippen LogP contribution is -2.47. The van der Waals surface area contributed by atoms with E-state index in [0.717, 1.165) is 28.5 Å². The van der Waals surface area contributed by atoms with Crippen LogP contribution in [0.5, 0.6) is 0 Å². The van der Waals surface area contributed by atoms with E-state index in [2.05, 4.69) is 4.98 Å². The van der Waals surface area contributed by atoms with Crippen molar-refractivity contribution in [3.63, 3.8) is 0 Å². The predicted octanol–water partition coefficient (Wildman–Crippen LogP) is 3.07. The zero-order valence-electron chi connectivity index (χ0n) is 14.9. The number of aromatic nitrogens is 1. The van der Waals surface area contributed by atoms with Crippen molar-refractivity contribution in [1.82, 2.24) is 4.98 Å². The Morgan fingerprint density at radius 1 is 1.11 bits per heavy atom. The van der Waals surface area contributed by atoms with Crippen molar-refractivity contribution in [3.05, 3.63) is 70.5 Å². The average molecular weight is 362 g/mol. The number of carbonyl (C=O) groups excluding carboxylic acids is 1. The lowest BCUT2D eigenvalue weighted by atomic mass is 9.75. The number of nitrogens with two attached hydrogens (primary N) is 1. The van der Waals surface area contributed by atoms with Crippen molar-refractivity contribution in [2.24, 2.45) is 5.73 Å². The number of carbonyl (C=O) groups is 1. The summed E-state index contributed by atoms with van der Waals surface area (Å²) in [4.78, 5) is 27.2. The molecule has 0 saturated heterocycles. The van der Waals surface area contributed by atoms with Gasteiger partial charge in [0, 0.05) is 11.3 Å². The number of hydrogen-bond acceptors (Lipinski definition) is 3. The fourth-order valence-electron chi connectivity index (χ4n) is 4.07. The number of hydrogen-bond donors (Lipinski definition) is 3. The molecule has 4 rings (SSSR count). The van der Waals surface area contributed by atoms with Gasteiger partial charge in [-0.3, -0.25) is 9.59 Å². The number of benzene rings is 2. The first-order valence-corrected chi connectivity index (χ1v) is 9.21. The molecule has 1 aromatic heterocycles. The van der Waals surface area contributed by atoms with Gasteiger partial charge in [-0.25, -0.2) is 0 Å². The van der Waals surface area contributed by atoms with Crippen LogP contribution in [0, 0.1) is 0 Å². The molecule has 4 N–H and O–H groups in total. The highest BCUT2D eigenvalue weighted by Crippen LogP contribution is 2.37. The third kappa shape index (κ3) is 3.26. The summed E-state index contributed by atoms with van der Waals surface area (Å²) in [5.74, 6) is -0.887. The maximum atomic E-state index is 12.7. The van der Waals surface area contributed by atoms with Gasteiger partial charge >= 0.3 is 0 Å². The fourth-order valence-corrected chi connectivity index (χ4v) is 4.07. The van der Waals surface area contributed by atoms with Crippen molar-refractivity contribution in [2.45, 2.75) is 37.2 Å². The molecule has 5 nitrogen and oxygen atoms in total. The second kappa shape index (κ2) is 6.67. The number of H-pyrrole nitrogens is 1. The molecule has 2 atom stereocenters. The van der Waals surface area contributed by atoms with Crippen LogP contribution in [0.2, 0.25) is 0 Å². The van der Waals surface area contributed by atoms with E-state index in [1.165, 1.54) is 0 Å². The van der Waals surface area contributed by atoms with Gasteiger partial charge in [0.2, 0.25) is 5.91 Å². The standard InChI is InChI=1S/C22H22N2O3/c23-21(26)22(27)11-3-6-17(13-22)18-9-10-19(24-20(18)25)16-8-7-14-4-1-2-5-15(14)12-16/h1-2,4-5,7-10,12,17,27H,3,6,11,13H2,(H2,23,26)(H,24,25)/t17-,22+/m0/s1. The van der Waals surface area contributed by atoms with Gasteiger partial charge in [0.1, 0.15) is 5.60 Å². The van der Waals surface area contributed by atoms with E-state index in [0.29, 0.717) is 18.4 Å². The molecular weight excluding hydrogens is 340 g/mol. The van der Waals surface area contributed by atoms with E-state index >= 15 is 0 Å². The maximum absolute atomic E-state index is 12.7. The molecule has 2 aromatic carbocycles. The van der Waals surface area contributed by atoms with Gasteiger partial charge in [-0.1, -0.05) is 42.5 Å². The number of aliphatic hydroxyl groups is 1. The summed E-state index contributed by atoms with van der Waals surface area (Å²) in [6.07, 6.45) is 1.97. The van der Waals surface area contributed by atoms with E-state index in [9.17, 15) is 14.7 Å². The Bertz CT molecular complexity index is 1070. The topological polar surface area (TPSA) is 96.2 Å². The van der Waals surface area contributed by atoms with Crippen LogP contribution in [0.15, 0.2) is 59.4 Å². The molecular formula is C22H22N2O3. The molecule has 27 heavy (non-hydrogen) atoms. The Labute approximate surface area is 156 Å². The first-order chi connectivity index (χ1) is 13.0. The number of primary amides is 1. The molecule has 1 fully saturated rings. The lowest BCUT2D eigenvalue weighted by Gasteiger charge is -2.34. The summed E-state index contributed by atoms with van der Waals surface area (Å²) < 4.78 is 0. The van der Waals surface area contributed by atoms with Gasteiger partial charge < -0.3 is 15.8 Å². The van der Waals surface area contributed by atoms with Crippen molar-refractivity contribution in [1.29, 1.82) is 0 Å². The fraction of sp³-hybridized carbons (Fsp3) is 0.273. The molecule has 1 heterocycles. The maximum Gasteiger partial charge on any atom is 0.251 e. The van der Waals surface area contributed by atoms with Crippen LogP contribution in [0.1, 0.15) is 37.2 Å². The van der Waals surface area contributed by atoms with E-state index in [-0.39, 0.29) is 17.9 Å². The molecule has 0 radical (unpaired) electrons. The highest BCUT2D eigenvalue weighted by molar-refractivity contribution is 5.86. The first kappa shape index (κ1) is 17.5. The highest BCUT2D eigenvalue weighted by atomic mass is 16.3. The van der Waals surface area contributed by atoms with Gasteiger partial charge in [0.25, 0.3) is 5.56 Å². The molecule has 3 aromatic rings. The molecule has 1 aliphatic rings. The van der Waals surface area contributed by atoms with Gasteiger partial charge in [-0.15, -0.1) is 0 Å². The molecule has 0 aliphatic heterocycles. The first-order valence-electron chi connectivity index (χ1n) is 9.21. The number of pyridine rings is 1. The van der Waals surface area contributed by atoms with E-state index in [1.807, 2.05) is 48.5 Å². The van der Waals surface area contributed by atoms with Crippen LogP contribution in [0.4, 0.5) is 0 Å². The van der Waals surface area contributed by atoms with E-state index in [4.69, 9.17) is 5.73 Å². The monoisotopic (exact) mass is 362 g/mol. The average Bonchev–Trinajstić information content (AvgIpc) is 2.67. The molecule has 5 heteroatoms. The summed E-state index contributed by atoms with van der Waals surface area (Å²) >= 11 is 0. The number of aromatic amines is 1. The largest absolute Gasteiger partial charge is 0.380 e. The van der Waals surface area contributed by atoms with E-state index < -0.39 is 11.5 Å². The van der Waals surface area contributed by atoms with Crippen LogP contribution in [0.3, 0.4) is 0 Å². The van der Waals surface area contributed by atoms with Gasteiger partial charge in [-0.05, 0) is 60.1 Å². The minimum Gasteiger partial charge on any atom is -0.380 e. The zero-order chi connectivity index (χ0) is 19.0. The second-order valence-electron chi connectivity index (χ2n) is 7.41. The molecule has 1 saturated carbocycles. The summed E-state index contributed by atoms with van der Waals surface area (Å²) in [5.41, 5.74) is 5.93. The lowest BCUT2D eigenvalue weighted by molar-refractivity contribution is -0.140. The van der Waals surface area contributed by atoms with Crippen molar-refractivity contribution >= 4 is 16.7 Å². The molecule has 138 valence electrons. The van der Waals surface area contributed by atoms with Crippen LogP contribution < -0.4 is 11.3 Å². The third-order valence-corrected chi connectivity index (χ3v) is 5.63. The predicted molar refractivity (Wildman–Crippen MR) is 105 cm³/mol. The van der Waals surface area contributed by atoms with E-state index in [1.54, 1.807) is 6.07 Å². The Morgan fingerprint density at radius 3 is 2.63 bits per heavy atom. The summed E-state index contributed by atoms with van der Waals surface area (Å²) in [5, 5.41) is 12.7. The molecule has 0 bridgehead atoms. The van der Waals surface area contributed by atoms with Crippen LogP contribution >= 0.6 is 0 Å². The van der Waals surface area contributed by atoms with Crippen LogP contribution in [-0.2, 0) is 4.79 Å². The van der Waals surface area contributed by atoms with Crippen molar-refractivity contribution in [2.75, 3.05) is 0 Å². The Morgan fingerprint density at radius 2 is 1.89 bits per heavy atom. The van der Waals surface area contributed by atoms with Crippen LogP contribution in [-0.4, -0.2) is 21.6 Å². The van der Waals surface area contributed by atoms with Crippen molar-refractivity contribution < 1.29 is 9.90 Å². The van der Waals surface area contributed by atoms with Crippen LogP contribution in [0.25, 0.3) is 22.0 Å². The SMILES string of the molecule is NC(=O)[C@@]1(O)CCC[C@H](c2ccc(-c3ccc4ccccc4c3)[nH]c2=O)C1. The summed E-state index contributed by atoms with van der Waals surface area (Å²) in [7, 11) is 0. The number of rotatable bonds is 3. The van der Waals surface area contributed by atoms with Gasteiger partial charge in [0.05, 0.1) is 0 Å². The van der Waals surface area contributed by atoms with Gasteiger partial charge in [-0.2, -0.15) is 0 Å². The Balaban J connectivity index is 1.66. The summed E-state index contributed by atoms with van der Waals surface area (Å²) in [6, 6.07) is 17.8. The second-order valence-corrected chi connectivity index (χ2v) is 7.41. The number of amides is 1. The Kier molecular flexibility index (Phi) is 4.32. The minimum atomic E-state index is -1.52. The quantitative estimate of drug-likeness (QED) is 0.668. The molecule has 0 unspecified atom stereocenters. The van der Waals surface area contributed by atoms with Crippen molar-refractivity contribution in [3.8, 4) is 11.3 Å². The minimum absolute atomic E-state index is 0.175. The van der Waals surface area contributed by atoms with Gasteiger partial charge in [0.15, 0.2) is 0 Å². The number of nitrogens with one attached hydrogen (secondary N) is 1. The molecule has 1 amide bonds. The highest BCUT2D eigenvalue weighted by Gasteiger charge is 2.40. The smallest absolute Gasteiger partial charge is 0.251 e. The molecule has 0 spiro atoms. The third-order valence-electron chi connectivity index (χ3n) is 5.63. The summed E-state index contributed by atoms with van der Waals surface area (Å²) in [6.45, 7) is 0. The zero-order valence-corrected chi connectivity index (χ0v) is 14.9. The normalized spacial score (nSPS) is 22.6.